The van der Waals surface area contributed by atoms with Gasteiger partial charge in [-0.15, -0.1) is 0 Å². The van der Waals surface area contributed by atoms with Crippen LogP contribution in [0.3, 0.4) is 0 Å². The molecule has 2 aromatic rings. The van der Waals surface area contributed by atoms with Gasteiger partial charge in [-0.1, -0.05) is 56.5 Å². The molecule has 2 N–H and O–H groups in total. The van der Waals surface area contributed by atoms with Crippen molar-refractivity contribution in [2.24, 2.45) is 0 Å². The molecule has 2 heterocycles. The maximum absolute atomic E-state index is 14.2. The molecule has 0 saturated carbocycles. The highest BCUT2D eigenvalue weighted by Gasteiger charge is 2.32. The molecule has 1 aromatic carbocycles. The Morgan fingerprint density at radius 3 is 2.37 bits per heavy atom. The number of carbonyl (C=O) groups is 4. The Kier molecular flexibility index (Phi) is 11.3. The molecule has 0 radical (unpaired) electrons. The molecule has 46 heavy (non-hydrogen) atoms. The SMILES string of the molecule is CCCCCCN(CC1=C(N2CCOCC2)C=CC(=O)C1=O)C(=O)Cn1c(-c2ccccc2)nc(N)c(C(=O)OC(C)(C)C)c1=O. The lowest BCUT2D eigenvalue weighted by Gasteiger charge is -2.33. The van der Waals surface area contributed by atoms with Gasteiger partial charge in [-0.3, -0.25) is 23.7 Å². The van der Waals surface area contributed by atoms with Crippen LogP contribution in [0.15, 0.2) is 58.5 Å². The number of esters is 1. The van der Waals surface area contributed by atoms with Gasteiger partial charge in [0.2, 0.25) is 17.5 Å². The van der Waals surface area contributed by atoms with Crippen molar-refractivity contribution in [1.29, 1.82) is 0 Å². The summed E-state index contributed by atoms with van der Waals surface area (Å²) in [6, 6.07) is 8.74. The van der Waals surface area contributed by atoms with Crippen molar-refractivity contribution in [3.05, 3.63) is 69.7 Å². The summed E-state index contributed by atoms with van der Waals surface area (Å²) in [5.41, 5.74) is 5.28. The minimum atomic E-state index is -0.946. The van der Waals surface area contributed by atoms with E-state index < -0.39 is 46.7 Å². The lowest BCUT2D eigenvalue weighted by molar-refractivity contribution is -0.134. The Morgan fingerprint density at radius 1 is 1.02 bits per heavy atom. The van der Waals surface area contributed by atoms with E-state index in [1.807, 2.05) is 4.90 Å². The van der Waals surface area contributed by atoms with E-state index in [0.717, 1.165) is 23.8 Å². The zero-order chi connectivity index (χ0) is 33.4. The molecule has 1 saturated heterocycles. The number of rotatable bonds is 12. The molecule has 0 unspecified atom stereocenters. The molecule has 0 atom stereocenters. The van der Waals surface area contributed by atoms with Crippen LogP contribution in [0.25, 0.3) is 11.4 Å². The zero-order valence-corrected chi connectivity index (χ0v) is 27.0. The van der Waals surface area contributed by atoms with Crippen molar-refractivity contribution in [3.8, 4) is 11.4 Å². The van der Waals surface area contributed by atoms with Crippen LogP contribution in [0.5, 0.6) is 0 Å². The molecule has 246 valence electrons. The van der Waals surface area contributed by atoms with E-state index >= 15 is 0 Å². The molecule has 0 bridgehead atoms. The summed E-state index contributed by atoms with van der Waals surface area (Å²) in [5.74, 6) is -2.96. The van der Waals surface area contributed by atoms with E-state index in [1.54, 1.807) is 57.2 Å². The van der Waals surface area contributed by atoms with Crippen LogP contribution >= 0.6 is 0 Å². The third kappa shape index (κ3) is 8.36. The topological polar surface area (TPSA) is 154 Å². The number of amides is 1. The quantitative estimate of drug-likeness (QED) is 0.160. The van der Waals surface area contributed by atoms with Crippen molar-refractivity contribution in [2.45, 2.75) is 65.5 Å². The lowest BCUT2D eigenvalue weighted by atomic mass is 9.97. The van der Waals surface area contributed by atoms with Crippen molar-refractivity contribution in [3.63, 3.8) is 0 Å². The molecule has 4 rings (SSSR count). The first-order chi connectivity index (χ1) is 21.9. The van der Waals surface area contributed by atoms with Crippen LogP contribution in [-0.2, 0) is 30.4 Å². The summed E-state index contributed by atoms with van der Waals surface area (Å²) in [6.07, 6.45) is 6.33. The van der Waals surface area contributed by atoms with Crippen LogP contribution in [0, 0.1) is 0 Å². The first kappa shape index (κ1) is 34.3. The van der Waals surface area contributed by atoms with Gasteiger partial charge in [0.15, 0.2) is 5.56 Å². The minimum absolute atomic E-state index is 0.106. The third-order valence-corrected chi connectivity index (χ3v) is 7.66. The van der Waals surface area contributed by atoms with E-state index in [0.29, 0.717) is 50.5 Å². The van der Waals surface area contributed by atoms with E-state index in [1.165, 1.54) is 11.0 Å². The van der Waals surface area contributed by atoms with Gasteiger partial charge in [-0.05, 0) is 39.3 Å². The highest BCUT2D eigenvalue weighted by atomic mass is 16.6. The fraction of sp³-hybridized carbons (Fsp3) is 0.471. The number of anilines is 1. The number of hydrogen-bond acceptors (Lipinski definition) is 10. The van der Waals surface area contributed by atoms with E-state index in [9.17, 15) is 24.0 Å². The second kappa shape index (κ2) is 15.1. The predicted octanol–water partition coefficient (Wildman–Crippen LogP) is 3.15. The maximum atomic E-state index is 14.2. The van der Waals surface area contributed by atoms with Crippen LogP contribution in [0.2, 0.25) is 0 Å². The highest BCUT2D eigenvalue weighted by molar-refractivity contribution is 6.48. The monoisotopic (exact) mass is 633 g/mol. The highest BCUT2D eigenvalue weighted by Crippen LogP contribution is 2.23. The summed E-state index contributed by atoms with van der Waals surface area (Å²) in [5, 5.41) is 0. The average Bonchev–Trinajstić information content (AvgIpc) is 3.02. The summed E-state index contributed by atoms with van der Waals surface area (Å²) >= 11 is 0. The number of Topliss-reactive ketones (excluding diaryl/α,β-unsaturated/α-hetero) is 1. The molecule has 1 aliphatic carbocycles. The first-order valence-corrected chi connectivity index (χ1v) is 15.7. The van der Waals surface area contributed by atoms with Crippen molar-refractivity contribution >= 4 is 29.3 Å². The van der Waals surface area contributed by atoms with Crippen molar-refractivity contribution in [2.75, 3.05) is 45.1 Å². The minimum Gasteiger partial charge on any atom is -0.456 e. The molecule has 1 fully saturated rings. The number of unbranched alkanes of at least 4 members (excludes halogenated alkanes) is 3. The number of carbonyl (C=O) groups excluding carboxylic acids is 4. The molecule has 2 aliphatic rings. The number of benzene rings is 1. The number of aromatic nitrogens is 2. The number of ketones is 2. The number of morpholine rings is 1. The van der Waals surface area contributed by atoms with Crippen LogP contribution in [0.4, 0.5) is 5.82 Å². The third-order valence-electron chi connectivity index (χ3n) is 7.66. The fourth-order valence-corrected chi connectivity index (χ4v) is 5.34. The number of nitrogen functional groups attached to an aromatic ring is 1. The lowest BCUT2D eigenvalue weighted by Crippen LogP contribution is -2.44. The Hall–Kier alpha value is -4.58. The Labute approximate surface area is 268 Å². The Morgan fingerprint density at radius 2 is 1.72 bits per heavy atom. The van der Waals surface area contributed by atoms with Gasteiger partial charge in [-0.25, -0.2) is 9.78 Å². The molecule has 12 nitrogen and oxygen atoms in total. The fourth-order valence-electron chi connectivity index (χ4n) is 5.34. The summed E-state index contributed by atoms with van der Waals surface area (Å²) in [7, 11) is 0. The number of nitrogens with zero attached hydrogens (tertiary/aromatic N) is 4. The molecule has 1 aromatic heterocycles. The smallest absolute Gasteiger partial charge is 0.348 e. The van der Waals surface area contributed by atoms with E-state index in [-0.39, 0.29) is 23.8 Å². The molecule has 0 spiro atoms. The van der Waals surface area contributed by atoms with Crippen LogP contribution < -0.4 is 11.3 Å². The van der Waals surface area contributed by atoms with Crippen LogP contribution in [0.1, 0.15) is 63.7 Å². The Bertz CT molecular complexity index is 1580. The van der Waals surface area contributed by atoms with Crippen LogP contribution in [-0.4, -0.2) is 87.8 Å². The van der Waals surface area contributed by atoms with E-state index in [2.05, 4.69) is 11.9 Å². The normalized spacial score (nSPS) is 15.3. The van der Waals surface area contributed by atoms with Gasteiger partial charge in [0.25, 0.3) is 5.56 Å². The number of nitrogens with two attached hydrogens (primary N) is 1. The Balaban J connectivity index is 1.76. The first-order valence-electron chi connectivity index (χ1n) is 15.7. The largest absolute Gasteiger partial charge is 0.456 e. The van der Waals surface area contributed by atoms with Gasteiger partial charge >= 0.3 is 5.97 Å². The summed E-state index contributed by atoms with van der Waals surface area (Å²) < 4.78 is 12.0. The van der Waals surface area contributed by atoms with Gasteiger partial charge < -0.3 is 25.0 Å². The average molecular weight is 634 g/mol. The standard InChI is InChI=1S/C34H43N5O7/c1-5-6-7-11-16-38(21-24-25(14-15-26(40)29(24)42)37-17-19-45-20-18-37)27(41)22-39-31(23-12-9-8-10-13-23)36-30(35)28(32(39)43)33(44)46-34(2,3)4/h8-10,12-15H,5-7,11,16-22,35H2,1-4H3. The summed E-state index contributed by atoms with van der Waals surface area (Å²) in [4.78, 5) is 74.9. The van der Waals surface area contributed by atoms with Gasteiger partial charge in [0, 0.05) is 36.5 Å². The second-order valence-corrected chi connectivity index (χ2v) is 12.3. The molecular formula is C34H43N5O7. The number of hydrogen-bond donors (Lipinski definition) is 1. The predicted molar refractivity (Wildman–Crippen MR) is 173 cm³/mol. The maximum Gasteiger partial charge on any atom is 0.348 e. The molecule has 1 amide bonds. The summed E-state index contributed by atoms with van der Waals surface area (Å²) in [6.45, 7) is 8.78. The van der Waals surface area contributed by atoms with Gasteiger partial charge in [-0.2, -0.15) is 0 Å². The van der Waals surface area contributed by atoms with Crippen molar-refractivity contribution < 1.29 is 28.7 Å². The van der Waals surface area contributed by atoms with Gasteiger partial charge in [0.1, 0.15) is 23.8 Å². The molecule has 12 heteroatoms. The number of allylic oxidation sites excluding steroid dienone is 2. The molecule has 1 aliphatic heterocycles. The van der Waals surface area contributed by atoms with Gasteiger partial charge in [0.05, 0.1) is 19.8 Å². The second-order valence-electron chi connectivity index (χ2n) is 12.3. The number of ether oxygens (including phenoxy) is 2. The zero-order valence-electron chi connectivity index (χ0n) is 27.0. The molecular weight excluding hydrogens is 590 g/mol. The van der Waals surface area contributed by atoms with Crippen molar-refractivity contribution in [1.82, 2.24) is 19.4 Å². The van der Waals surface area contributed by atoms with E-state index in [4.69, 9.17) is 15.2 Å².